The maximum absolute atomic E-state index is 11.0. The van der Waals surface area contributed by atoms with Crippen LogP contribution in [0.1, 0.15) is 0 Å². The van der Waals surface area contributed by atoms with E-state index in [2.05, 4.69) is 0 Å². The maximum atomic E-state index is 11.0. The van der Waals surface area contributed by atoms with Gasteiger partial charge in [-0.15, -0.1) is 0 Å². The van der Waals surface area contributed by atoms with Gasteiger partial charge in [-0.2, -0.15) is 0 Å². The number of aliphatic hydroxyl groups excluding tert-OH is 16. The van der Waals surface area contributed by atoms with Gasteiger partial charge in [-0.1, -0.05) is 0 Å². The minimum Gasteiger partial charge on any atom is -0.437 e. The number of rotatable bonds is 19. The van der Waals surface area contributed by atoms with E-state index in [4.69, 9.17) is 61.6 Å². The summed E-state index contributed by atoms with van der Waals surface area (Å²) in [5.41, 5.74) is 0. The molecule has 68 heavy (non-hydrogen) atoms. The minimum absolute atomic E-state index is 0.0125. The lowest BCUT2D eigenvalue weighted by Crippen LogP contribution is -2.64. The molecule has 0 aromatic heterocycles. The molecule has 31 heteroatoms. The van der Waals surface area contributed by atoms with Crippen LogP contribution in [0, 0.1) is 5.92 Å². The Morgan fingerprint density at radius 2 is 0.882 bits per heavy atom. The van der Waals surface area contributed by atoms with E-state index in [1.165, 1.54) is 0 Å². The number of hydrogen-bond donors (Lipinski definition) is 16. The molecule has 11 unspecified atom stereocenters. The third-order valence-electron chi connectivity index (χ3n) is 12.1. The van der Waals surface area contributed by atoms with Crippen molar-refractivity contribution in [1.29, 1.82) is 0 Å². The van der Waals surface area contributed by atoms with E-state index in [9.17, 15) is 91.3 Å². The van der Waals surface area contributed by atoms with Crippen molar-refractivity contribution in [1.82, 2.24) is 0 Å². The molecule has 0 bridgehead atoms. The highest BCUT2D eigenvalue weighted by molar-refractivity contribution is 5.56. The molecule has 16 N–H and O–H groups in total. The number of carbonyl (C=O) groups is 2. The Labute approximate surface area is 383 Å². The zero-order chi connectivity index (χ0) is 49.7. The summed E-state index contributed by atoms with van der Waals surface area (Å²) in [6.07, 6.45) is -47.0. The Kier molecular flexibility index (Phi) is 20.0. The average Bonchev–Trinajstić information content (AvgIpc) is 3.32. The molecule has 0 spiro atoms. The smallest absolute Gasteiger partial charge is 0.295 e. The molecule has 6 rings (SSSR count). The first-order chi connectivity index (χ1) is 32.3. The highest BCUT2D eigenvalue weighted by Gasteiger charge is 2.53. The Morgan fingerprint density at radius 1 is 0.471 bits per heavy atom. The number of ether oxygens (including phenoxy) is 13. The third-order valence-corrected chi connectivity index (χ3v) is 12.1. The quantitative estimate of drug-likeness (QED) is 0.0534. The first kappa shape index (κ1) is 55.3. The van der Waals surface area contributed by atoms with Gasteiger partial charge in [0.05, 0.1) is 58.3 Å². The summed E-state index contributed by atoms with van der Waals surface area (Å²) < 4.78 is 70.8. The summed E-state index contributed by atoms with van der Waals surface area (Å²) in [6, 6.07) is 0. The summed E-state index contributed by atoms with van der Waals surface area (Å²) in [6.45, 7) is -4.48. The van der Waals surface area contributed by atoms with Gasteiger partial charge in [0, 0.05) is 0 Å². The molecule has 28 atom stereocenters. The number of carbonyl (C=O) groups excluding carboxylic acids is 2. The van der Waals surface area contributed by atoms with E-state index in [0.29, 0.717) is 0 Å². The van der Waals surface area contributed by atoms with Gasteiger partial charge in [0.2, 0.25) is 6.29 Å². The molecule has 0 amide bonds. The van der Waals surface area contributed by atoms with Gasteiger partial charge in [0.15, 0.2) is 44.0 Å². The second-order valence-electron chi connectivity index (χ2n) is 16.7. The Balaban J connectivity index is 0.963. The third kappa shape index (κ3) is 12.3. The van der Waals surface area contributed by atoms with Crippen molar-refractivity contribution in [3.63, 3.8) is 0 Å². The van der Waals surface area contributed by atoms with Crippen molar-refractivity contribution < 1.29 is 153 Å². The van der Waals surface area contributed by atoms with Crippen LogP contribution < -0.4 is 0 Å². The molecule has 6 saturated heterocycles. The van der Waals surface area contributed by atoms with Crippen molar-refractivity contribution in [3.8, 4) is 0 Å². The lowest BCUT2D eigenvalue weighted by molar-refractivity contribution is -0.385. The zero-order valence-corrected chi connectivity index (χ0v) is 35.5. The number of aliphatic hydroxyl groups is 16. The summed E-state index contributed by atoms with van der Waals surface area (Å²) in [7, 11) is 0. The summed E-state index contributed by atoms with van der Waals surface area (Å²) in [5.74, 6) is -1.30. The van der Waals surface area contributed by atoms with E-state index < -0.39 is 218 Å². The fraction of sp³-hybridized carbons (Fsp3) is 0.946. The molecular formula is C37H60O31. The SMILES string of the molecule is O=COC1O[C@H](OC2C(O)[C@H](O)CO[C@H]2O[C@@H]2CO[C@@H](O[C@@H]3CO[C@@H](O[C@@H]4CO[C@@H](O[C@@H]5CO[C@@H](O[C@H](CO)[C@@H](O)C(O)C=O)C(O)C5O)C(O)[C@@H]4O)C(O)C3O)C(O)[C@@H]2O)C(O)[C@@H](O)[C@@H]1CO. The monoisotopic (exact) mass is 1000 g/mol. The van der Waals surface area contributed by atoms with Crippen molar-refractivity contribution in [2.45, 2.75) is 166 Å². The molecule has 6 heterocycles. The highest BCUT2D eigenvalue weighted by Crippen LogP contribution is 2.34. The molecule has 31 nitrogen and oxygen atoms in total. The van der Waals surface area contributed by atoms with Crippen LogP contribution in [0.5, 0.6) is 0 Å². The van der Waals surface area contributed by atoms with E-state index in [1.807, 2.05) is 0 Å². The fourth-order valence-corrected chi connectivity index (χ4v) is 7.99. The summed E-state index contributed by atoms with van der Waals surface area (Å²) >= 11 is 0. The number of aldehydes is 1. The molecule has 0 saturated carbocycles. The highest BCUT2D eigenvalue weighted by atomic mass is 16.8. The maximum Gasteiger partial charge on any atom is 0.295 e. The van der Waals surface area contributed by atoms with E-state index in [1.54, 1.807) is 0 Å². The minimum atomic E-state index is -1.95. The molecule has 394 valence electrons. The van der Waals surface area contributed by atoms with Crippen LogP contribution >= 0.6 is 0 Å². The van der Waals surface area contributed by atoms with Crippen LogP contribution in [0.15, 0.2) is 0 Å². The number of hydrogen-bond acceptors (Lipinski definition) is 31. The zero-order valence-electron chi connectivity index (χ0n) is 35.5. The van der Waals surface area contributed by atoms with Crippen LogP contribution in [0.25, 0.3) is 0 Å². The average molecular weight is 1000 g/mol. The van der Waals surface area contributed by atoms with Crippen molar-refractivity contribution in [3.05, 3.63) is 0 Å². The van der Waals surface area contributed by atoms with Crippen molar-refractivity contribution in [2.75, 3.05) is 46.2 Å². The Bertz CT molecular complexity index is 1560. The largest absolute Gasteiger partial charge is 0.437 e. The summed E-state index contributed by atoms with van der Waals surface area (Å²) in [5, 5.41) is 167. The van der Waals surface area contributed by atoms with Crippen molar-refractivity contribution in [2.24, 2.45) is 5.92 Å². The normalized spacial score (nSPS) is 48.5. The van der Waals surface area contributed by atoms with Crippen LogP contribution in [-0.4, -0.2) is 307 Å². The molecule has 0 radical (unpaired) electrons. The van der Waals surface area contributed by atoms with Gasteiger partial charge in [-0.3, -0.25) is 4.79 Å². The van der Waals surface area contributed by atoms with E-state index >= 15 is 0 Å². The van der Waals surface area contributed by atoms with Gasteiger partial charge < -0.3 is 148 Å². The van der Waals surface area contributed by atoms with Gasteiger partial charge in [0.25, 0.3) is 6.47 Å². The first-order valence-electron chi connectivity index (χ1n) is 21.3. The summed E-state index contributed by atoms with van der Waals surface area (Å²) in [4.78, 5) is 21.8. The predicted molar refractivity (Wildman–Crippen MR) is 202 cm³/mol. The van der Waals surface area contributed by atoms with Crippen LogP contribution in [0.3, 0.4) is 0 Å². The van der Waals surface area contributed by atoms with E-state index in [-0.39, 0.29) is 12.8 Å². The molecule has 6 aliphatic rings. The van der Waals surface area contributed by atoms with Crippen LogP contribution in [0.4, 0.5) is 0 Å². The molecule has 6 aliphatic heterocycles. The Hall–Kier alpha value is -1.98. The second-order valence-corrected chi connectivity index (χ2v) is 16.7. The van der Waals surface area contributed by atoms with Crippen LogP contribution in [-0.2, 0) is 71.2 Å². The van der Waals surface area contributed by atoms with Gasteiger partial charge in [0.1, 0.15) is 116 Å². The first-order valence-corrected chi connectivity index (χ1v) is 21.3. The van der Waals surface area contributed by atoms with E-state index in [0.717, 1.165) is 0 Å². The molecule has 0 aromatic carbocycles. The molecular weight excluding hydrogens is 940 g/mol. The topological polar surface area (TPSA) is 478 Å². The van der Waals surface area contributed by atoms with Crippen molar-refractivity contribution >= 4 is 12.8 Å². The predicted octanol–water partition coefficient (Wildman–Crippen LogP) is -12.2. The fourth-order valence-electron chi connectivity index (χ4n) is 7.99. The standard InChI is InChI=1S/C37H60O31/c38-1-10-18(44)25(51)36(68-31(10)61-9-41)67-30-20(46)12(43)4-56-37(30)66-17-8-60-35(29(55)24(17)50)65-16-7-59-34(28(54)23(16)49)64-15-6-58-33(27(53)22(15)48)63-14-5-57-32(26(52)21(14)47)62-13(3-40)19(45)11(42)2-39/h2,9-38,40,42-55H,1,3-8H2/t10-,11?,12+,13+,14+,15+,16+,17+,18-,19-,20?,21?,22+,23?,24+,25?,26?,27?,28?,29?,30?,31?,32-,33-,34-,35-,36-,37-/m0/s1. The second kappa shape index (κ2) is 24.6. The van der Waals surface area contributed by atoms with Gasteiger partial charge >= 0.3 is 0 Å². The lowest BCUT2D eigenvalue weighted by Gasteiger charge is -2.46. The Morgan fingerprint density at radius 3 is 1.31 bits per heavy atom. The molecule has 6 fully saturated rings. The molecule has 0 aliphatic carbocycles. The van der Waals surface area contributed by atoms with Crippen LogP contribution in [0.2, 0.25) is 0 Å². The molecule has 0 aromatic rings. The van der Waals surface area contributed by atoms with Gasteiger partial charge in [-0.05, 0) is 0 Å². The lowest BCUT2D eigenvalue weighted by atomic mass is 9.94. The van der Waals surface area contributed by atoms with Gasteiger partial charge in [-0.25, -0.2) is 0 Å².